The molecule has 0 radical (unpaired) electrons. The molecule has 0 bridgehead atoms. The van der Waals surface area contributed by atoms with Crippen LogP contribution in [0.2, 0.25) is 0 Å². The van der Waals surface area contributed by atoms with E-state index in [0.29, 0.717) is 25.6 Å². The van der Waals surface area contributed by atoms with E-state index in [0.717, 1.165) is 16.9 Å². The summed E-state index contributed by atoms with van der Waals surface area (Å²) in [6.07, 6.45) is 2.63. The molecule has 2 aromatic rings. The molecule has 1 aromatic heterocycles. The van der Waals surface area contributed by atoms with Gasteiger partial charge in [-0.05, 0) is 18.6 Å². The lowest BCUT2D eigenvalue weighted by Gasteiger charge is -2.14. The average molecular weight is 474 g/mol. The molecule has 1 heterocycles. The summed E-state index contributed by atoms with van der Waals surface area (Å²) < 4.78 is 6.90. The van der Waals surface area contributed by atoms with Crippen LogP contribution in [0.5, 0.6) is 5.75 Å². The summed E-state index contributed by atoms with van der Waals surface area (Å²) >= 11 is 0. The molecule has 2 rings (SSSR count). The first kappa shape index (κ1) is 21.7. The number of rotatable bonds is 7. The third-order valence-corrected chi connectivity index (χ3v) is 3.58. The van der Waals surface area contributed by atoms with Crippen molar-refractivity contribution in [3.05, 3.63) is 51.8 Å². The second-order valence-corrected chi connectivity index (χ2v) is 5.39. The Bertz CT molecular complexity index is 762. The molecule has 26 heavy (non-hydrogen) atoms. The number of aromatic nitrogens is 2. The number of nitrogens with zero attached hydrogens (tertiary/aromatic N) is 4. The van der Waals surface area contributed by atoms with Crippen LogP contribution >= 0.6 is 24.0 Å². The second-order valence-electron chi connectivity index (χ2n) is 5.39. The molecule has 9 nitrogen and oxygen atoms in total. The van der Waals surface area contributed by atoms with Crippen molar-refractivity contribution in [1.29, 1.82) is 0 Å². The van der Waals surface area contributed by atoms with Crippen LogP contribution in [-0.4, -0.2) is 41.4 Å². The van der Waals surface area contributed by atoms with Crippen LogP contribution in [0, 0.1) is 17.0 Å². The molecular formula is C16H23IN6O3. The zero-order chi connectivity index (χ0) is 18.2. The van der Waals surface area contributed by atoms with Gasteiger partial charge in [0.15, 0.2) is 5.96 Å². The summed E-state index contributed by atoms with van der Waals surface area (Å²) in [6, 6.07) is 6.02. The standard InChI is InChI=1S/C16H22N6O3.HI/c1-12-4-5-13(15(8-12)25-3)9-19-16(17-2)18-6-7-21-11-14(10-20-21)22(23)24;/h4-5,8,10-11H,6-7,9H2,1-3H3,(H2,17,18,19);1H. The van der Waals surface area contributed by atoms with E-state index in [1.807, 2.05) is 25.1 Å². The maximum absolute atomic E-state index is 10.6. The summed E-state index contributed by atoms with van der Waals surface area (Å²) in [5.41, 5.74) is 2.14. The molecule has 2 N–H and O–H groups in total. The van der Waals surface area contributed by atoms with Gasteiger partial charge in [0, 0.05) is 25.7 Å². The van der Waals surface area contributed by atoms with E-state index >= 15 is 0 Å². The quantitative estimate of drug-likeness (QED) is 0.209. The van der Waals surface area contributed by atoms with Crippen molar-refractivity contribution in [2.75, 3.05) is 20.7 Å². The van der Waals surface area contributed by atoms with Gasteiger partial charge >= 0.3 is 5.69 Å². The molecule has 142 valence electrons. The number of ether oxygens (including phenoxy) is 1. The van der Waals surface area contributed by atoms with Gasteiger partial charge in [-0.25, -0.2) is 0 Å². The van der Waals surface area contributed by atoms with Crippen molar-refractivity contribution in [1.82, 2.24) is 20.4 Å². The Morgan fingerprint density at radius 2 is 2.19 bits per heavy atom. The Balaban J connectivity index is 0.00000338. The molecule has 0 fully saturated rings. The first-order valence-electron chi connectivity index (χ1n) is 7.78. The fraction of sp³-hybridized carbons (Fsp3) is 0.375. The van der Waals surface area contributed by atoms with Crippen LogP contribution in [0.3, 0.4) is 0 Å². The van der Waals surface area contributed by atoms with E-state index < -0.39 is 4.92 Å². The molecule has 0 amide bonds. The number of guanidine groups is 1. The van der Waals surface area contributed by atoms with Crippen LogP contribution in [0.25, 0.3) is 0 Å². The van der Waals surface area contributed by atoms with E-state index in [1.54, 1.807) is 14.2 Å². The smallest absolute Gasteiger partial charge is 0.306 e. The zero-order valence-electron chi connectivity index (χ0n) is 14.9. The predicted octanol–water partition coefficient (Wildman–Crippen LogP) is 2.09. The first-order chi connectivity index (χ1) is 12.0. The fourth-order valence-electron chi connectivity index (χ4n) is 2.26. The number of hydrogen-bond donors (Lipinski definition) is 2. The van der Waals surface area contributed by atoms with Gasteiger partial charge < -0.3 is 15.4 Å². The van der Waals surface area contributed by atoms with E-state index in [2.05, 4.69) is 20.7 Å². The van der Waals surface area contributed by atoms with Gasteiger partial charge in [0.2, 0.25) is 0 Å². The summed E-state index contributed by atoms with van der Waals surface area (Å²) in [5, 5.41) is 20.9. The van der Waals surface area contributed by atoms with E-state index in [1.165, 1.54) is 17.1 Å². The topological polar surface area (TPSA) is 107 Å². The Hall–Kier alpha value is -2.37. The molecule has 0 aliphatic carbocycles. The Labute approximate surface area is 169 Å². The lowest BCUT2D eigenvalue weighted by Crippen LogP contribution is -2.38. The normalized spacial score (nSPS) is 10.8. The molecule has 1 aromatic carbocycles. The molecular weight excluding hydrogens is 451 g/mol. The number of hydrogen-bond acceptors (Lipinski definition) is 5. The number of benzene rings is 1. The number of halogens is 1. The van der Waals surface area contributed by atoms with Crippen LogP contribution in [0.4, 0.5) is 5.69 Å². The highest BCUT2D eigenvalue weighted by atomic mass is 127. The Kier molecular flexibility index (Phi) is 8.82. The van der Waals surface area contributed by atoms with E-state index in [4.69, 9.17) is 4.74 Å². The largest absolute Gasteiger partial charge is 0.496 e. The lowest BCUT2D eigenvalue weighted by atomic mass is 10.1. The summed E-state index contributed by atoms with van der Waals surface area (Å²) in [4.78, 5) is 14.3. The number of nitro groups is 1. The summed E-state index contributed by atoms with van der Waals surface area (Å²) in [7, 11) is 3.33. The van der Waals surface area contributed by atoms with Gasteiger partial charge in [0.1, 0.15) is 18.1 Å². The Morgan fingerprint density at radius 3 is 2.81 bits per heavy atom. The van der Waals surface area contributed by atoms with E-state index in [9.17, 15) is 10.1 Å². The average Bonchev–Trinajstić information content (AvgIpc) is 3.07. The fourth-order valence-corrected chi connectivity index (χ4v) is 2.26. The first-order valence-corrected chi connectivity index (χ1v) is 7.78. The van der Waals surface area contributed by atoms with Crippen molar-refractivity contribution in [2.24, 2.45) is 4.99 Å². The Morgan fingerprint density at radius 1 is 1.42 bits per heavy atom. The second kappa shape index (κ2) is 10.6. The number of aliphatic imine (C=N–C) groups is 1. The minimum Gasteiger partial charge on any atom is -0.496 e. The third-order valence-electron chi connectivity index (χ3n) is 3.58. The third kappa shape index (κ3) is 6.17. The van der Waals surface area contributed by atoms with Crippen molar-refractivity contribution in [2.45, 2.75) is 20.0 Å². The van der Waals surface area contributed by atoms with Crippen molar-refractivity contribution >= 4 is 35.6 Å². The van der Waals surface area contributed by atoms with Crippen LogP contribution in [0.15, 0.2) is 35.6 Å². The van der Waals surface area contributed by atoms with Gasteiger partial charge in [-0.15, -0.1) is 24.0 Å². The minimum atomic E-state index is -0.466. The zero-order valence-corrected chi connectivity index (χ0v) is 17.3. The maximum atomic E-state index is 10.6. The number of nitrogens with one attached hydrogen (secondary N) is 2. The predicted molar refractivity (Wildman–Crippen MR) is 110 cm³/mol. The molecule has 0 aliphatic rings. The van der Waals surface area contributed by atoms with Crippen LogP contribution in [0.1, 0.15) is 11.1 Å². The summed E-state index contributed by atoms with van der Waals surface area (Å²) in [6.45, 7) is 3.60. The highest BCUT2D eigenvalue weighted by Gasteiger charge is 2.08. The molecule has 0 spiro atoms. The summed E-state index contributed by atoms with van der Waals surface area (Å²) in [5.74, 6) is 1.45. The van der Waals surface area contributed by atoms with Crippen molar-refractivity contribution in [3.63, 3.8) is 0 Å². The van der Waals surface area contributed by atoms with Crippen molar-refractivity contribution < 1.29 is 9.66 Å². The molecule has 0 atom stereocenters. The van der Waals surface area contributed by atoms with E-state index in [-0.39, 0.29) is 29.7 Å². The molecule has 0 unspecified atom stereocenters. The van der Waals surface area contributed by atoms with Gasteiger partial charge in [-0.1, -0.05) is 12.1 Å². The highest BCUT2D eigenvalue weighted by molar-refractivity contribution is 14.0. The number of aryl methyl sites for hydroxylation is 1. The molecule has 10 heteroatoms. The van der Waals surface area contributed by atoms with Gasteiger partial charge in [0.25, 0.3) is 0 Å². The SMILES string of the molecule is CN=C(NCCn1cc([N+](=O)[O-])cn1)NCc1ccc(C)cc1OC.I. The minimum absolute atomic E-state index is 0. The maximum Gasteiger partial charge on any atom is 0.306 e. The number of methoxy groups -OCH3 is 1. The molecule has 0 aliphatic heterocycles. The van der Waals surface area contributed by atoms with Crippen LogP contribution < -0.4 is 15.4 Å². The lowest BCUT2D eigenvalue weighted by molar-refractivity contribution is -0.385. The van der Waals surface area contributed by atoms with Gasteiger partial charge in [-0.2, -0.15) is 5.10 Å². The van der Waals surface area contributed by atoms with Crippen molar-refractivity contribution in [3.8, 4) is 5.75 Å². The molecule has 0 saturated carbocycles. The highest BCUT2D eigenvalue weighted by Crippen LogP contribution is 2.19. The van der Waals surface area contributed by atoms with Gasteiger partial charge in [0.05, 0.1) is 18.6 Å². The van der Waals surface area contributed by atoms with Crippen LogP contribution in [-0.2, 0) is 13.1 Å². The van der Waals surface area contributed by atoms with Gasteiger partial charge in [-0.3, -0.25) is 19.8 Å². The molecule has 0 saturated heterocycles. The monoisotopic (exact) mass is 474 g/mol.